The summed E-state index contributed by atoms with van der Waals surface area (Å²) in [5, 5.41) is 11.3. The third-order valence-electron chi connectivity index (χ3n) is 3.91. The molecular weight excluding hydrogens is 256 g/mol. The summed E-state index contributed by atoms with van der Waals surface area (Å²) in [5.41, 5.74) is 0. The fourth-order valence-electron chi connectivity index (χ4n) is 2.51. The van der Waals surface area contributed by atoms with Gasteiger partial charge in [0.05, 0.1) is 13.2 Å². The standard InChI is InChI=1S/C14H22N4O2/c19-14(10-20-9-11-5-6-11)15-8-13-17-16-12-4-2-1-3-7-18(12)13/h11H,1-10H2,(H,15,19). The van der Waals surface area contributed by atoms with Crippen LogP contribution in [0.5, 0.6) is 0 Å². The van der Waals surface area contributed by atoms with Gasteiger partial charge in [-0.2, -0.15) is 0 Å². The number of nitrogens with one attached hydrogen (secondary N) is 1. The first-order valence-corrected chi connectivity index (χ1v) is 7.58. The van der Waals surface area contributed by atoms with Crippen LogP contribution < -0.4 is 5.32 Å². The Balaban J connectivity index is 1.45. The van der Waals surface area contributed by atoms with Gasteiger partial charge in [-0.3, -0.25) is 4.79 Å². The minimum Gasteiger partial charge on any atom is -0.371 e. The van der Waals surface area contributed by atoms with Gasteiger partial charge < -0.3 is 14.6 Å². The molecule has 1 fully saturated rings. The predicted octanol–water partition coefficient (Wildman–Crippen LogP) is 1.05. The smallest absolute Gasteiger partial charge is 0.246 e. The molecule has 1 aliphatic heterocycles. The van der Waals surface area contributed by atoms with E-state index >= 15 is 0 Å². The summed E-state index contributed by atoms with van der Waals surface area (Å²) in [6.07, 6.45) is 7.06. The lowest BCUT2D eigenvalue weighted by Gasteiger charge is -2.08. The van der Waals surface area contributed by atoms with E-state index in [1.165, 1.54) is 25.7 Å². The van der Waals surface area contributed by atoms with Gasteiger partial charge in [0.1, 0.15) is 12.4 Å². The highest BCUT2D eigenvalue weighted by atomic mass is 16.5. The van der Waals surface area contributed by atoms with Gasteiger partial charge in [0.15, 0.2) is 5.82 Å². The van der Waals surface area contributed by atoms with E-state index in [4.69, 9.17) is 4.74 Å². The molecule has 0 bridgehead atoms. The Morgan fingerprint density at radius 2 is 2.20 bits per heavy atom. The number of nitrogens with zero attached hydrogens (tertiary/aromatic N) is 3. The van der Waals surface area contributed by atoms with Crippen molar-refractivity contribution in [1.29, 1.82) is 0 Å². The number of ether oxygens (including phenoxy) is 1. The van der Waals surface area contributed by atoms with Crippen LogP contribution in [0.25, 0.3) is 0 Å². The normalized spacial score (nSPS) is 18.4. The molecule has 6 nitrogen and oxygen atoms in total. The van der Waals surface area contributed by atoms with E-state index in [1.807, 2.05) is 0 Å². The minimum atomic E-state index is -0.0726. The second-order valence-corrected chi connectivity index (χ2v) is 5.73. The summed E-state index contributed by atoms with van der Waals surface area (Å²) in [7, 11) is 0. The largest absolute Gasteiger partial charge is 0.371 e. The molecule has 0 unspecified atom stereocenters. The number of rotatable bonds is 6. The lowest BCUT2D eigenvalue weighted by Crippen LogP contribution is -2.29. The Kier molecular flexibility index (Phi) is 4.30. The van der Waals surface area contributed by atoms with Crippen molar-refractivity contribution in [3.05, 3.63) is 11.6 Å². The maximum absolute atomic E-state index is 11.7. The summed E-state index contributed by atoms with van der Waals surface area (Å²) in [6, 6.07) is 0. The van der Waals surface area contributed by atoms with E-state index in [2.05, 4.69) is 20.1 Å². The van der Waals surface area contributed by atoms with Crippen LogP contribution in [-0.4, -0.2) is 33.9 Å². The predicted molar refractivity (Wildman–Crippen MR) is 73.0 cm³/mol. The fourth-order valence-corrected chi connectivity index (χ4v) is 2.51. The van der Waals surface area contributed by atoms with Crippen LogP contribution in [0.2, 0.25) is 0 Å². The molecule has 1 aromatic heterocycles. The first kappa shape index (κ1) is 13.5. The number of amides is 1. The van der Waals surface area contributed by atoms with Gasteiger partial charge in [0.25, 0.3) is 0 Å². The molecule has 6 heteroatoms. The Bertz CT molecular complexity index is 468. The number of carbonyl (C=O) groups is 1. The van der Waals surface area contributed by atoms with Gasteiger partial charge in [-0.25, -0.2) is 0 Å². The van der Waals surface area contributed by atoms with E-state index in [0.29, 0.717) is 19.1 Å². The fraction of sp³-hybridized carbons (Fsp3) is 0.786. The first-order chi connectivity index (χ1) is 9.83. The van der Waals surface area contributed by atoms with Crippen LogP contribution in [-0.2, 0) is 29.0 Å². The molecule has 1 aromatic rings. The molecular formula is C14H22N4O2. The molecule has 1 N–H and O–H groups in total. The minimum absolute atomic E-state index is 0.0726. The summed E-state index contributed by atoms with van der Waals surface area (Å²) < 4.78 is 7.52. The van der Waals surface area contributed by atoms with Crippen molar-refractivity contribution in [2.24, 2.45) is 5.92 Å². The molecule has 1 aliphatic carbocycles. The zero-order valence-corrected chi connectivity index (χ0v) is 11.8. The monoisotopic (exact) mass is 278 g/mol. The highest BCUT2D eigenvalue weighted by molar-refractivity contribution is 5.77. The van der Waals surface area contributed by atoms with E-state index < -0.39 is 0 Å². The topological polar surface area (TPSA) is 69.0 Å². The van der Waals surface area contributed by atoms with E-state index in [1.54, 1.807) is 0 Å². The summed E-state index contributed by atoms with van der Waals surface area (Å²) in [5.74, 6) is 2.53. The zero-order valence-electron chi connectivity index (χ0n) is 11.8. The van der Waals surface area contributed by atoms with Crippen molar-refractivity contribution < 1.29 is 9.53 Å². The maximum atomic E-state index is 11.7. The van der Waals surface area contributed by atoms with E-state index in [0.717, 1.165) is 31.0 Å². The Morgan fingerprint density at radius 1 is 1.30 bits per heavy atom. The highest BCUT2D eigenvalue weighted by Crippen LogP contribution is 2.28. The zero-order chi connectivity index (χ0) is 13.8. The molecule has 0 saturated heterocycles. The Morgan fingerprint density at radius 3 is 3.05 bits per heavy atom. The molecule has 3 rings (SSSR count). The summed E-state index contributed by atoms with van der Waals surface area (Å²) >= 11 is 0. The molecule has 110 valence electrons. The molecule has 2 aliphatic rings. The Hall–Kier alpha value is -1.43. The first-order valence-electron chi connectivity index (χ1n) is 7.58. The van der Waals surface area contributed by atoms with Crippen molar-refractivity contribution in [2.45, 2.75) is 51.6 Å². The van der Waals surface area contributed by atoms with Crippen LogP contribution in [0, 0.1) is 5.92 Å². The van der Waals surface area contributed by atoms with Crippen molar-refractivity contribution in [2.75, 3.05) is 13.2 Å². The van der Waals surface area contributed by atoms with Gasteiger partial charge in [-0.15, -0.1) is 10.2 Å². The van der Waals surface area contributed by atoms with Crippen LogP contribution in [0.15, 0.2) is 0 Å². The summed E-state index contributed by atoms with van der Waals surface area (Å²) in [6.45, 7) is 2.27. The molecule has 2 heterocycles. The number of hydrogen-bond acceptors (Lipinski definition) is 4. The van der Waals surface area contributed by atoms with Crippen molar-refractivity contribution in [3.8, 4) is 0 Å². The van der Waals surface area contributed by atoms with E-state index in [9.17, 15) is 4.79 Å². The number of aryl methyl sites for hydroxylation is 1. The Labute approximate surface area is 118 Å². The van der Waals surface area contributed by atoms with Gasteiger partial charge >= 0.3 is 0 Å². The van der Waals surface area contributed by atoms with E-state index in [-0.39, 0.29) is 12.5 Å². The van der Waals surface area contributed by atoms with Gasteiger partial charge in [-0.1, -0.05) is 6.42 Å². The average molecular weight is 278 g/mol. The highest BCUT2D eigenvalue weighted by Gasteiger charge is 2.21. The lowest BCUT2D eigenvalue weighted by atomic mass is 10.2. The lowest BCUT2D eigenvalue weighted by molar-refractivity contribution is -0.126. The molecule has 0 spiro atoms. The molecule has 0 atom stereocenters. The summed E-state index contributed by atoms with van der Waals surface area (Å²) in [4.78, 5) is 11.7. The quantitative estimate of drug-likeness (QED) is 0.844. The van der Waals surface area contributed by atoms with Gasteiger partial charge in [0.2, 0.25) is 5.91 Å². The molecule has 20 heavy (non-hydrogen) atoms. The van der Waals surface area contributed by atoms with Crippen LogP contribution >= 0.6 is 0 Å². The third-order valence-corrected chi connectivity index (χ3v) is 3.91. The number of carbonyl (C=O) groups excluding carboxylic acids is 1. The van der Waals surface area contributed by atoms with Gasteiger partial charge in [0, 0.05) is 13.0 Å². The average Bonchev–Trinajstić information content (AvgIpc) is 3.22. The third kappa shape index (κ3) is 3.56. The number of aromatic nitrogens is 3. The van der Waals surface area contributed by atoms with Crippen LogP contribution in [0.1, 0.15) is 43.8 Å². The van der Waals surface area contributed by atoms with Gasteiger partial charge in [-0.05, 0) is 31.6 Å². The van der Waals surface area contributed by atoms with Crippen molar-refractivity contribution in [1.82, 2.24) is 20.1 Å². The maximum Gasteiger partial charge on any atom is 0.246 e. The number of hydrogen-bond donors (Lipinski definition) is 1. The molecule has 1 saturated carbocycles. The van der Waals surface area contributed by atoms with Crippen LogP contribution in [0.3, 0.4) is 0 Å². The van der Waals surface area contributed by atoms with Crippen molar-refractivity contribution >= 4 is 5.91 Å². The number of fused-ring (bicyclic) bond motifs is 1. The second-order valence-electron chi connectivity index (χ2n) is 5.73. The second kappa shape index (κ2) is 6.35. The van der Waals surface area contributed by atoms with Crippen LogP contribution in [0.4, 0.5) is 0 Å². The SMILES string of the molecule is O=C(COCC1CC1)NCc1nnc2n1CCCCC2. The van der Waals surface area contributed by atoms with Crippen molar-refractivity contribution in [3.63, 3.8) is 0 Å². The molecule has 1 amide bonds. The molecule has 0 radical (unpaired) electrons. The molecule has 0 aromatic carbocycles.